The van der Waals surface area contributed by atoms with Gasteiger partial charge in [0.15, 0.2) is 6.61 Å². The molecule has 0 aliphatic heterocycles. The lowest BCUT2D eigenvalue weighted by atomic mass is 9.95. The second kappa shape index (κ2) is 10.3. The van der Waals surface area contributed by atoms with Crippen molar-refractivity contribution in [3.63, 3.8) is 0 Å². The van der Waals surface area contributed by atoms with Crippen molar-refractivity contribution in [2.45, 2.75) is 38.1 Å². The highest BCUT2D eigenvalue weighted by molar-refractivity contribution is 6.34. The van der Waals surface area contributed by atoms with Gasteiger partial charge in [-0.25, -0.2) is 9.59 Å². The summed E-state index contributed by atoms with van der Waals surface area (Å²) in [7, 11) is 0. The highest BCUT2D eigenvalue weighted by Crippen LogP contribution is 2.28. The molecular weight excluding hydrogens is 469 g/mol. The maximum absolute atomic E-state index is 12.6. The molecule has 1 fully saturated rings. The highest BCUT2D eigenvalue weighted by atomic mass is 35.5. The van der Waals surface area contributed by atoms with E-state index in [-0.39, 0.29) is 28.7 Å². The Labute approximate surface area is 199 Å². The summed E-state index contributed by atoms with van der Waals surface area (Å²) in [6.07, 6.45) is 5.11. The molecule has 1 aliphatic carbocycles. The first-order valence-electron chi connectivity index (χ1n) is 10.6. The molecule has 1 aliphatic rings. The van der Waals surface area contributed by atoms with Gasteiger partial charge in [0.05, 0.1) is 5.02 Å². The molecule has 0 radical (unpaired) electrons. The Balaban J connectivity index is 1.42. The normalized spacial score (nSPS) is 14.1. The van der Waals surface area contributed by atoms with E-state index in [2.05, 4.69) is 5.32 Å². The molecule has 9 heteroatoms. The number of nitrogens with one attached hydrogen (secondary N) is 1. The van der Waals surface area contributed by atoms with Gasteiger partial charge >= 0.3 is 11.6 Å². The van der Waals surface area contributed by atoms with Crippen LogP contribution in [0.3, 0.4) is 0 Å². The molecule has 2 aromatic carbocycles. The summed E-state index contributed by atoms with van der Waals surface area (Å²) in [5, 5.41) is 4.17. The minimum atomic E-state index is -0.752. The van der Waals surface area contributed by atoms with Gasteiger partial charge in [0.1, 0.15) is 22.6 Å². The number of amides is 1. The minimum Gasteiger partial charge on any atom is -0.480 e. The molecule has 4 rings (SSSR count). The molecule has 33 heavy (non-hydrogen) atoms. The van der Waals surface area contributed by atoms with Crippen molar-refractivity contribution in [2.75, 3.05) is 6.61 Å². The first-order chi connectivity index (χ1) is 15.9. The number of hydrogen-bond donors (Lipinski definition) is 1. The van der Waals surface area contributed by atoms with Crippen molar-refractivity contribution >= 4 is 46.0 Å². The third-order valence-electron chi connectivity index (χ3n) is 5.36. The van der Waals surface area contributed by atoms with Gasteiger partial charge in [0.2, 0.25) is 0 Å². The molecule has 1 heterocycles. The summed E-state index contributed by atoms with van der Waals surface area (Å²) >= 11 is 11.9. The fourth-order valence-electron chi connectivity index (χ4n) is 3.71. The van der Waals surface area contributed by atoms with Crippen LogP contribution < -0.4 is 20.4 Å². The van der Waals surface area contributed by atoms with Crippen molar-refractivity contribution in [1.29, 1.82) is 0 Å². The summed E-state index contributed by atoms with van der Waals surface area (Å²) in [5.74, 6) is -0.707. The molecule has 0 spiro atoms. The van der Waals surface area contributed by atoms with E-state index in [0.717, 1.165) is 32.1 Å². The molecule has 3 aromatic rings. The van der Waals surface area contributed by atoms with Crippen LogP contribution in [-0.2, 0) is 4.79 Å². The van der Waals surface area contributed by atoms with Crippen LogP contribution in [0, 0.1) is 0 Å². The quantitative estimate of drug-likeness (QED) is 0.292. The summed E-state index contributed by atoms with van der Waals surface area (Å²) < 4.78 is 15.9. The SMILES string of the molecule is O=C(COc1cc(Cl)ccc1Cl)Oc1ccc2cc(C(=O)NC3CCCCC3)c(=O)oc2c1. The third kappa shape index (κ3) is 5.86. The van der Waals surface area contributed by atoms with E-state index in [1.165, 1.54) is 24.3 Å². The molecular formula is C24H21Cl2NO6. The third-order valence-corrected chi connectivity index (χ3v) is 5.91. The molecule has 1 N–H and O–H groups in total. The van der Waals surface area contributed by atoms with E-state index in [1.54, 1.807) is 18.2 Å². The lowest BCUT2D eigenvalue weighted by Crippen LogP contribution is -2.38. The Bertz CT molecular complexity index is 1250. The molecule has 172 valence electrons. The van der Waals surface area contributed by atoms with E-state index in [0.29, 0.717) is 15.4 Å². The summed E-state index contributed by atoms with van der Waals surface area (Å²) in [6.45, 7) is -0.400. The van der Waals surface area contributed by atoms with Crippen LogP contribution in [0.15, 0.2) is 51.7 Å². The molecule has 1 aromatic heterocycles. The maximum Gasteiger partial charge on any atom is 0.349 e. The highest BCUT2D eigenvalue weighted by Gasteiger charge is 2.20. The standard InChI is InChI=1S/C24H21Cl2NO6/c25-15-7-9-19(26)21(11-15)31-13-22(28)32-17-8-6-14-10-18(24(30)33-20(14)12-17)23(29)27-16-4-2-1-3-5-16/h6-12,16H,1-5,13H2,(H,27,29). The predicted octanol–water partition coefficient (Wildman–Crippen LogP) is 5.15. The number of esters is 1. The van der Waals surface area contributed by atoms with E-state index in [9.17, 15) is 14.4 Å². The van der Waals surface area contributed by atoms with E-state index in [1.807, 2.05) is 0 Å². The molecule has 0 unspecified atom stereocenters. The number of ether oxygens (including phenoxy) is 2. The van der Waals surface area contributed by atoms with Crippen molar-refractivity contribution in [2.24, 2.45) is 0 Å². The van der Waals surface area contributed by atoms with Crippen LogP contribution in [0.4, 0.5) is 0 Å². The van der Waals surface area contributed by atoms with Crippen molar-refractivity contribution < 1.29 is 23.5 Å². The zero-order valence-electron chi connectivity index (χ0n) is 17.6. The van der Waals surface area contributed by atoms with Crippen LogP contribution in [0.2, 0.25) is 10.0 Å². The molecule has 1 saturated carbocycles. The predicted molar refractivity (Wildman–Crippen MR) is 124 cm³/mol. The van der Waals surface area contributed by atoms with Crippen molar-refractivity contribution in [1.82, 2.24) is 5.32 Å². The fraction of sp³-hybridized carbons (Fsp3) is 0.292. The average Bonchev–Trinajstić information content (AvgIpc) is 2.79. The Morgan fingerprint density at radius 1 is 1.03 bits per heavy atom. The van der Waals surface area contributed by atoms with Gasteiger partial charge in [-0.3, -0.25) is 4.79 Å². The number of halogens is 2. The number of fused-ring (bicyclic) bond motifs is 1. The zero-order chi connectivity index (χ0) is 23.4. The van der Waals surface area contributed by atoms with Gasteiger partial charge in [-0.15, -0.1) is 0 Å². The molecule has 0 saturated heterocycles. The number of rotatable bonds is 6. The first kappa shape index (κ1) is 23.1. The van der Waals surface area contributed by atoms with E-state index in [4.69, 9.17) is 37.1 Å². The maximum atomic E-state index is 12.6. The second-order valence-corrected chi connectivity index (χ2v) is 8.64. The van der Waals surface area contributed by atoms with Crippen molar-refractivity contribution in [3.8, 4) is 11.5 Å². The summed E-state index contributed by atoms with van der Waals surface area (Å²) in [6, 6.07) is 10.8. The van der Waals surface area contributed by atoms with Gasteiger partial charge in [-0.2, -0.15) is 0 Å². The Hall–Kier alpha value is -3.03. The number of hydrogen-bond acceptors (Lipinski definition) is 6. The smallest absolute Gasteiger partial charge is 0.349 e. The summed E-state index contributed by atoms with van der Waals surface area (Å²) in [4.78, 5) is 37.1. The van der Waals surface area contributed by atoms with Crippen molar-refractivity contribution in [3.05, 3.63) is 68.5 Å². The summed E-state index contributed by atoms with van der Waals surface area (Å²) in [5.41, 5.74) is -0.610. The fourth-order valence-corrected chi connectivity index (χ4v) is 4.04. The van der Waals surface area contributed by atoms with E-state index < -0.39 is 24.1 Å². The molecule has 1 amide bonds. The van der Waals surface area contributed by atoms with Gasteiger partial charge in [-0.1, -0.05) is 42.5 Å². The van der Waals surface area contributed by atoms with Crippen LogP contribution in [0.1, 0.15) is 42.5 Å². The first-order valence-corrected chi connectivity index (χ1v) is 11.3. The molecule has 7 nitrogen and oxygen atoms in total. The molecule has 0 atom stereocenters. The van der Waals surface area contributed by atoms with Gasteiger partial charge in [0, 0.05) is 28.6 Å². The van der Waals surface area contributed by atoms with Crippen LogP contribution in [0.5, 0.6) is 11.5 Å². The van der Waals surface area contributed by atoms with Crippen LogP contribution in [-0.4, -0.2) is 24.5 Å². The van der Waals surface area contributed by atoms with Gasteiger partial charge < -0.3 is 19.2 Å². The topological polar surface area (TPSA) is 94.8 Å². The lowest BCUT2D eigenvalue weighted by molar-refractivity contribution is -0.136. The number of carbonyl (C=O) groups excluding carboxylic acids is 2. The number of benzene rings is 2. The average molecular weight is 490 g/mol. The largest absolute Gasteiger partial charge is 0.480 e. The minimum absolute atomic E-state index is 0.0513. The Morgan fingerprint density at radius 3 is 2.61 bits per heavy atom. The van der Waals surface area contributed by atoms with E-state index >= 15 is 0 Å². The van der Waals surface area contributed by atoms with Crippen LogP contribution in [0.25, 0.3) is 11.0 Å². The van der Waals surface area contributed by atoms with Crippen LogP contribution >= 0.6 is 23.2 Å². The Kier molecular flexibility index (Phi) is 7.20. The zero-order valence-corrected chi connectivity index (χ0v) is 19.1. The second-order valence-electron chi connectivity index (χ2n) is 7.79. The number of carbonyl (C=O) groups is 2. The van der Waals surface area contributed by atoms with Gasteiger partial charge in [0.25, 0.3) is 5.91 Å². The molecule has 0 bridgehead atoms. The monoisotopic (exact) mass is 489 g/mol. The lowest BCUT2D eigenvalue weighted by Gasteiger charge is -2.22. The van der Waals surface area contributed by atoms with Gasteiger partial charge in [-0.05, 0) is 43.2 Å². The Morgan fingerprint density at radius 2 is 1.82 bits per heavy atom.